The van der Waals surface area contributed by atoms with E-state index in [1.54, 1.807) is 32.2 Å². The molecule has 3 heterocycles. The second kappa shape index (κ2) is 7.83. The van der Waals surface area contributed by atoms with Crippen molar-refractivity contribution in [3.8, 4) is 45.6 Å². The molecule has 3 aromatic heterocycles. The number of imidazole rings is 1. The molecule has 5 rings (SSSR count). The number of nitrogens with one attached hydrogen (secondary N) is 2. The molecule has 3 N–H and O–H groups in total. The predicted molar refractivity (Wildman–Crippen MR) is 125 cm³/mol. The summed E-state index contributed by atoms with van der Waals surface area (Å²) >= 11 is 0. The molecule has 2 aromatic carbocycles. The number of rotatable bonds is 4. The maximum atomic E-state index is 12.9. The van der Waals surface area contributed by atoms with Gasteiger partial charge in [0.2, 0.25) is 11.2 Å². The number of H-pyrrole nitrogens is 2. The van der Waals surface area contributed by atoms with Gasteiger partial charge in [0, 0.05) is 22.5 Å². The van der Waals surface area contributed by atoms with Gasteiger partial charge < -0.3 is 24.2 Å². The summed E-state index contributed by atoms with van der Waals surface area (Å²) in [6.45, 7) is 1.62. The number of aromatic hydroxyl groups is 1. The van der Waals surface area contributed by atoms with Gasteiger partial charge in [-0.15, -0.1) is 0 Å². The summed E-state index contributed by atoms with van der Waals surface area (Å²) in [5, 5.41) is 11.2. The number of hydrogen-bond donors (Lipinski definition) is 3. The summed E-state index contributed by atoms with van der Waals surface area (Å²) in [5.41, 5.74) is 1.47. The van der Waals surface area contributed by atoms with Gasteiger partial charge in [-0.25, -0.2) is 4.98 Å². The Labute approximate surface area is 187 Å². The molecule has 0 radical (unpaired) electrons. The summed E-state index contributed by atoms with van der Waals surface area (Å²) in [5.74, 6) is 0.663. The highest BCUT2D eigenvalue weighted by atomic mass is 16.5. The van der Waals surface area contributed by atoms with Crippen molar-refractivity contribution in [3.63, 3.8) is 0 Å². The minimum Gasteiger partial charge on any atom is -0.501 e. The number of pyridine rings is 1. The first-order chi connectivity index (χ1) is 15.9. The minimum absolute atomic E-state index is 0.0449. The van der Waals surface area contributed by atoms with Crippen molar-refractivity contribution in [1.29, 1.82) is 0 Å². The quantitative estimate of drug-likeness (QED) is 0.384. The Kier molecular flexibility index (Phi) is 4.82. The lowest BCUT2D eigenvalue weighted by Gasteiger charge is -2.05. The van der Waals surface area contributed by atoms with Crippen LogP contribution >= 0.6 is 0 Å². The molecule has 0 amide bonds. The predicted octanol–water partition coefficient (Wildman–Crippen LogP) is 4.23. The third-order valence-corrected chi connectivity index (χ3v) is 5.33. The molecule has 33 heavy (non-hydrogen) atoms. The van der Waals surface area contributed by atoms with Gasteiger partial charge in [0.1, 0.15) is 28.7 Å². The SMILES string of the molecule is COc1ccc2[nH]c(=O)c(-c3nc(-c4ccccc4)c(-c4oc(C)cc(=O)c4O)[nH]3)cc2c1. The number of ether oxygens (including phenoxy) is 1. The standard InChI is InChI=1S/C25H19N3O5/c1-13-10-19(29)22(30)23(33-13)21-20(14-6-4-3-5-7-14)27-24(28-21)17-12-15-11-16(32-2)8-9-18(15)26-25(17)31/h3-12,30H,1-2H3,(H,26,31)(H,27,28). The average molecular weight is 441 g/mol. The van der Waals surface area contributed by atoms with Crippen LogP contribution in [0.3, 0.4) is 0 Å². The van der Waals surface area contributed by atoms with E-state index in [1.807, 2.05) is 36.4 Å². The lowest BCUT2D eigenvalue weighted by atomic mass is 10.1. The topological polar surface area (TPSA) is 121 Å². The van der Waals surface area contributed by atoms with Crippen LogP contribution < -0.4 is 15.7 Å². The van der Waals surface area contributed by atoms with Crippen LogP contribution in [0.15, 0.2) is 74.7 Å². The van der Waals surface area contributed by atoms with E-state index in [1.165, 1.54) is 6.07 Å². The fraction of sp³-hybridized carbons (Fsp3) is 0.0800. The summed E-state index contributed by atoms with van der Waals surface area (Å²) in [4.78, 5) is 35.7. The van der Waals surface area contributed by atoms with Gasteiger partial charge in [-0.3, -0.25) is 9.59 Å². The van der Waals surface area contributed by atoms with Gasteiger partial charge in [-0.1, -0.05) is 30.3 Å². The third-order valence-electron chi connectivity index (χ3n) is 5.33. The largest absolute Gasteiger partial charge is 0.501 e. The molecule has 0 aliphatic carbocycles. The molecule has 0 saturated heterocycles. The fourth-order valence-electron chi connectivity index (χ4n) is 3.73. The highest BCUT2D eigenvalue weighted by molar-refractivity contribution is 5.86. The van der Waals surface area contributed by atoms with Crippen LogP contribution in [0.2, 0.25) is 0 Å². The van der Waals surface area contributed by atoms with E-state index < -0.39 is 11.2 Å². The molecule has 164 valence electrons. The Bertz CT molecular complexity index is 1610. The number of hydrogen-bond acceptors (Lipinski definition) is 6. The first-order valence-corrected chi connectivity index (χ1v) is 10.2. The zero-order chi connectivity index (χ0) is 23.1. The van der Waals surface area contributed by atoms with Gasteiger partial charge >= 0.3 is 0 Å². The molecule has 0 aliphatic rings. The molecule has 0 fully saturated rings. The second-order valence-electron chi connectivity index (χ2n) is 7.54. The molecule has 0 unspecified atom stereocenters. The summed E-state index contributed by atoms with van der Waals surface area (Å²) < 4.78 is 11.0. The van der Waals surface area contributed by atoms with Crippen LogP contribution in [0.5, 0.6) is 11.5 Å². The van der Waals surface area contributed by atoms with Crippen LogP contribution in [0, 0.1) is 6.92 Å². The Hall–Kier alpha value is -4.59. The Morgan fingerprint density at radius 2 is 1.79 bits per heavy atom. The van der Waals surface area contributed by atoms with Crippen LogP contribution in [0.25, 0.3) is 45.0 Å². The van der Waals surface area contributed by atoms with E-state index in [0.29, 0.717) is 28.4 Å². The maximum Gasteiger partial charge on any atom is 0.259 e. The van der Waals surface area contributed by atoms with Gasteiger partial charge in [0.05, 0.1) is 12.7 Å². The fourth-order valence-corrected chi connectivity index (χ4v) is 3.73. The number of aryl methyl sites for hydroxylation is 1. The second-order valence-corrected chi connectivity index (χ2v) is 7.54. The Balaban J connectivity index is 1.78. The number of fused-ring (bicyclic) bond motifs is 1. The zero-order valence-electron chi connectivity index (χ0n) is 17.8. The van der Waals surface area contributed by atoms with E-state index >= 15 is 0 Å². The number of aromatic amines is 2. The summed E-state index contributed by atoms with van der Waals surface area (Å²) in [7, 11) is 1.57. The van der Waals surface area contributed by atoms with Crippen molar-refractivity contribution in [3.05, 3.63) is 87.0 Å². The van der Waals surface area contributed by atoms with E-state index in [4.69, 9.17) is 9.15 Å². The average Bonchev–Trinajstić information content (AvgIpc) is 3.26. The molecular weight excluding hydrogens is 422 g/mol. The molecule has 8 nitrogen and oxygen atoms in total. The molecule has 5 aromatic rings. The van der Waals surface area contributed by atoms with Crippen LogP contribution in [-0.4, -0.2) is 27.2 Å². The van der Waals surface area contributed by atoms with Crippen LogP contribution in [0.1, 0.15) is 5.76 Å². The normalized spacial score (nSPS) is 11.1. The van der Waals surface area contributed by atoms with E-state index in [2.05, 4.69) is 15.0 Å². The van der Waals surface area contributed by atoms with Gasteiger partial charge in [-0.2, -0.15) is 0 Å². The van der Waals surface area contributed by atoms with Crippen LogP contribution in [-0.2, 0) is 0 Å². The number of aromatic nitrogens is 3. The highest BCUT2D eigenvalue weighted by Crippen LogP contribution is 2.36. The van der Waals surface area contributed by atoms with Gasteiger partial charge in [0.15, 0.2) is 5.76 Å². The smallest absolute Gasteiger partial charge is 0.259 e. The summed E-state index contributed by atoms with van der Waals surface area (Å²) in [6, 6.07) is 17.5. The first kappa shape index (κ1) is 20.3. The molecular formula is C25H19N3O5. The van der Waals surface area contributed by atoms with Crippen molar-refractivity contribution in [2.45, 2.75) is 6.92 Å². The Morgan fingerprint density at radius 1 is 1.00 bits per heavy atom. The van der Waals surface area contributed by atoms with E-state index in [0.717, 1.165) is 10.9 Å². The van der Waals surface area contributed by atoms with Crippen molar-refractivity contribution < 1.29 is 14.3 Å². The Morgan fingerprint density at radius 3 is 2.55 bits per heavy atom. The number of methoxy groups -OCH3 is 1. The van der Waals surface area contributed by atoms with Gasteiger partial charge in [0.25, 0.3) is 5.56 Å². The molecule has 0 aliphatic heterocycles. The van der Waals surface area contributed by atoms with E-state index in [-0.39, 0.29) is 22.7 Å². The van der Waals surface area contributed by atoms with Crippen molar-refractivity contribution in [2.75, 3.05) is 7.11 Å². The number of benzene rings is 2. The first-order valence-electron chi connectivity index (χ1n) is 10.2. The molecule has 0 atom stereocenters. The molecule has 0 bridgehead atoms. The lowest BCUT2D eigenvalue weighted by Crippen LogP contribution is -2.09. The number of nitrogens with zero attached hydrogens (tertiary/aromatic N) is 1. The van der Waals surface area contributed by atoms with Crippen molar-refractivity contribution in [1.82, 2.24) is 15.0 Å². The maximum absolute atomic E-state index is 12.9. The monoisotopic (exact) mass is 441 g/mol. The zero-order valence-corrected chi connectivity index (χ0v) is 17.8. The molecule has 0 spiro atoms. The summed E-state index contributed by atoms with van der Waals surface area (Å²) in [6.07, 6.45) is 0. The third kappa shape index (κ3) is 3.57. The van der Waals surface area contributed by atoms with E-state index in [9.17, 15) is 14.7 Å². The highest BCUT2D eigenvalue weighted by Gasteiger charge is 2.23. The van der Waals surface area contributed by atoms with Gasteiger partial charge in [-0.05, 0) is 31.2 Å². The lowest BCUT2D eigenvalue weighted by molar-refractivity contribution is 0.415. The molecule has 8 heteroatoms. The van der Waals surface area contributed by atoms with Crippen LogP contribution in [0.4, 0.5) is 0 Å². The van der Waals surface area contributed by atoms with Crippen molar-refractivity contribution in [2.24, 2.45) is 0 Å². The minimum atomic E-state index is -0.570. The van der Waals surface area contributed by atoms with Crippen molar-refractivity contribution >= 4 is 10.9 Å². The molecule has 0 saturated carbocycles.